The van der Waals surface area contributed by atoms with Gasteiger partial charge in [-0.25, -0.2) is 4.98 Å². The maximum Gasteiger partial charge on any atom is 0.140 e. The molecule has 4 aliphatic rings. The zero-order valence-corrected chi connectivity index (χ0v) is 21.3. The van der Waals surface area contributed by atoms with Crippen LogP contribution in [0.4, 0.5) is 5.69 Å². The summed E-state index contributed by atoms with van der Waals surface area (Å²) in [5.41, 5.74) is 1.31. The van der Waals surface area contributed by atoms with Crippen LogP contribution < -0.4 is 5.32 Å². The van der Waals surface area contributed by atoms with Crippen LogP contribution in [0.2, 0.25) is 0 Å². The summed E-state index contributed by atoms with van der Waals surface area (Å²) < 4.78 is 5.65. The van der Waals surface area contributed by atoms with Crippen LogP contribution in [0, 0.1) is 52.3 Å². The lowest BCUT2D eigenvalue weighted by molar-refractivity contribution is -0.128. The van der Waals surface area contributed by atoms with Crippen molar-refractivity contribution in [1.29, 1.82) is 5.26 Å². The van der Waals surface area contributed by atoms with E-state index in [0.717, 1.165) is 42.2 Å². The molecule has 0 radical (unpaired) electrons. The molecule has 0 amide bonds. The number of rotatable bonds is 6. The number of hydrogen-bond acceptors (Lipinski definition) is 5. The van der Waals surface area contributed by atoms with Crippen LogP contribution in [0.5, 0.6) is 0 Å². The van der Waals surface area contributed by atoms with Crippen LogP contribution in [0.25, 0.3) is 0 Å². The summed E-state index contributed by atoms with van der Waals surface area (Å²) in [4.78, 5) is 4.25. The van der Waals surface area contributed by atoms with E-state index in [2.05, 4.69) is 30.2 Å². The zero-order valence-electron chi connectivity index (χ0n) is 21.3. The van der Waals surface area contributed by atoms with Crippen LogP contribution >= 0.6 is 0 Å². The molecule has 0 unspecified atom stereocenters. The number of aromatic nitrogens is 1. The molecule has 1 aromatic rings. The lowest BCUT2D eigenvalue weighted by Crippen LogP contribution is -2.52. The molecule has 1 heterocycles. The summed E-state index contributed by atoms with van der Waals surface area (Å²) in [6, 6.07) is 6.30. The van der Waals surface area contributed by atoms with Gasteiger partial charge in [0, 0.05) is 12.6 Å². The maximum absolute atomic E-state index is 11.1. The van der Waals surface area contributed by atoms with Crippen molar-refractivity contribution in [2.75, 3.05) is 18.5 Å². The molecule has 4 aliphatic carbocycles. The van der Waals surface area contributed by atoms with Crippen molar-refractivity contribution in [2.24, 2.45) is 40.9 Å². The van der Waals surface area contributed by atoms with Crippen LogP contribution in [0.3, 0.4) is 0 Å². The Kier molecular flexibility index (Phi) is 6.68. The lowest BCUT2D eigenvalue weighted by atomic mass is 9.48. The molecule has 5 heteroatoms. The minimum atomic E-state index is -0.590. The number of nitrogens with zero attached hydrogens (tertiary/aromatic N) is 2. The summed E-state index contributed by atoms with van der Waals surface area (Å²) in [6.45, 7) is 8.17. The molecule has 5 rings (SSSR count). The van der Waals surface area contributed by atoms with E-state index in [9.17, 15) is 5.11 Å². The molecule has 0 bridgehead atoms. The van der Waals surface area contributed by atoms with E-state index in [4.69, 9.17) is 10.00 Å². The number of aliphatic hydroxyl groups is 1. The fraction of sp³-hybridized carbons (Fsp3) is 0.793. The molecule has 5 nitrogen and oxygen atoms in total. The fourth-order valence-electron chi connectivity index (χ4n) is 9.16. The monoisotopic (exact) mass is 465 g/mol. The van der Waals surface area contributed by atoms with Crippen molar-refractivity contribution < 1.29 is 9.84 Å². The average molecular weight is 466 g/mol. The molecule has 1 aromatic heterocycles. The predicted molar refractivity (Wildman–Crippen MR) is 134 cm³/mol. The highest BCUT2D eigenvalue weighted by Crippen LogP contribution is 2.65. The quantitative estimate of drug-likeness (QED) is 0.556. The third-order valence-electron chi connectivity index (χ3n) is 10.6. The Morgan fingerprint density at radius 3 is 2.71 bits per heavy atom. The molecule has 186 valence electrons. The highest BCUT2D eigenvalue weighted by Gasteiger charge is 2.58. The first-order valence-electron chi connectivity index (χ1n) is 13.8. The summed E-state index contributed by atoms with van der Waals surface area (Å²) >= 11 is 0. The van der Waals surface area contributed by atoms with Gasteiger partial charge in [0.05, 0.1) is 24.1 Å². The van der Waals surface area contributed by atoms with Gasteiger partial charge in [-0.3, -0.25) is 0 Å². The Balaban J connectivity index is 1.25. The Labute approximate surface area is 205 Å². The zero-order chi connectivity index (χ0) is 23.9. The van der Waals surface area contributed by atoms with Gasteiger partial charge in [0.15, 0.2) is 0 Å². The van der Waals surface area contributed by atoms with E-state index in [-0.39, 0.29) is 0 Å². The number of ether oxygens (including phenoxy) is 1. The number of nitriles is 1. The fourth-order valence-corrected chi connectivity index (χ4v) is 9.16. The van der Waals surface area contributed by atoms with Gasteiger partial charge in [-0.2, -0.15) is 5.26 Å². The Morgan fingerprint density at radius 2 is 1.97 bits per heavy atom. The van der Waals surface area contributed by atoms with E-state index < -0.39 is 5.60 Å². The van der Waals surface area contributed by atoms with Crippen LogP contribution in [0.1, 0.15) is 84.3 Å². The SMILES string of the molecule is CCOC[C@@]1(O)CC[C@H]2[C@H](CC[C@@H]3[C@@H]2CC[C@]2(C)[C@@H]([C@@H](C)Nc4ccc(C#N)nc4)CC[C@@H]32)C1. The second kappa shape index (κ2) is 9.43. The van der Waals surface area contributed by atoms with Gasteiger partial charge < -0.3 is 15.2 Å². The first-order chi connectivity index (χ1) is 16.4. The van der Waals surface area contributed by atoms with Crippen molar-refractivity contribution in [3.05, 3.63) is 24.0 Å². The second-order valence-corrected chi connectivity index (χ2v) is 12.2. The molecule has 4 fully saturated rings. The van der Waals surface area contributed by atoms with Crippen LogP contribution in [-0.2, 0) is 4.74 Å². The van der Waals surface area contributed by atoms with Gasteiger partial charge in [-0.05, 0) is 125 Å². The number of nitrogens with one attached hydrogen (secondary N) is 1. The molecule has 0 aromatic carbocycles. The van der Waals surface area contributed by atoms with Crippen molar-refractivity contribution in [3.8, 4) is 6.07 Å². The van der Waals surface area contributed by atoms with E-state index in [0.29, 0.717) is 42.2 Å². The maximum atomic E-state index is 11.1. The third kappa shape index (κ3) is 4.26. The highest BCUT2D eigenvalue weighted by atomic mass is 16.5. The highest BCUT2D eigenvalue weighted by molar-refractivity contribution is 5.43. The smallest absolute Gasteiger partial charge is 0.140 e. The van der Waals surface area contributed by atoms with E-state index in [1.807, 2.05) is 13.0 Å². The topological polar surface area (TPSA) is 78.2 Å². The van der Waals surface area contributed by atoms with Crippen molar-refractivity contribution >= 4 is 5.69 Å². The lowest BCUT2D eigenvalue weighted by Gasteiger charge is -2.57. The Hall–Kier alpha value is -1.64. The van der Waals surface area contributed by atoms with Gasteiger partial charge in [0.1, 0.15) is 11.8 Å². The summed E-state index contributed by atoms with van der Waals surface area (Å²) in [6.07, 6.45) is 12.9. The average Bonchev–Trinajstić information content (AvgIpc) is 3.20. The summed E-state index contributed by atoms with van der Waals surface area (Å²) in [7, 11) is 0. The molecule has 0 spiro atoms. The molecule has 2 N–H and O–H groups in total. The molecular weight excluding hydrogens is 422 g/mol. The standard InChI is InChI=1S/C29H43N3O2/c1-4-34-18-29(33)14-12-23-20(15-29)5-8-25-24(23)11-13-28(3)26(9-10-27(25)28)19(2)32-22-7-6-21(16-30)31-17-22/h6-7,17,19-20,23-27,32-33H,4-5,8-15,18H2,1-3H3/t19-,20-,23+,24-,25-,26-,27+,28-,29-/m1/s1. The third-order valence-corrected chi connectivity index (χ3v) is 10.6. The van der Waals surface area contributed by atoms with Gasteiger partial charge in [0.2, 0.25) is 0 Å². The Morgan fingerprint density at radius 1 is 1.15 bits per heavy atom. The number of anilines is 1. The van der Waals surface area contributed by atoms with Crippen molar-refractivity contribution in [2.45, 2.75) is 90.2 Å². The number of pyridine rings is 1. The molecule has 34 heavy (non-hydrogen) atoms. The van der Waals surface area contributed by atoms with E-state index >= 15 is 0 Å². The van der Waals surface area contributed by atoms with Crippen LogP contribution in [0.15, 0.2) is 18.3 Å². The van der Waals surface area contributed by atoms with Crippen molar-refractivity contribution in [3.63, 3.8) is 0 Å². The largest absolute Gasteiger partial charge is 0.387 e. The minimum Gasteiger partial charge on any atom is -0.387 e. The molecule has 4 saturated carbocycles. The number of fused-ring (bicyclic) bond motifs is 5. The molecule has 9 atom stereocenters. The number of hydrogen-bond donors (Lipinski definition) is 2. The second-order valence-electron chi connectivity index (χ2n) is 12.2. The van der Waals surface area contributed by atoms with Gasteiger partial charge in [-0.1, -0.05) is 6.92 Å². The first kappa shape index (κ1) is 24.1. The van der Waals surface area contributed by atoms with E-state index in [1.54, 1.807) is 12.3 Å². The predicted octanol–water partition coefficient (Wildman–Crippen LogP) is 5.79. The summed E-state index contributed by atoms with van der Waals surface area (Å²) in [5, 5.41) is 23.9. The van der Waals surface area contributed by atoms with Crippen molar-refractivity contribution in [1.82, 2.24) is 4.98 Å². The van der Waals surface area contributed by atoms with Gasteiger partial charge >= 0.3 is 0 Å². The van der Waals surface area contributed by atoms with Gasteiger partial charge in [-0.15, -0.1) is 0 Å². The van der Waals surface area contributed by atoms with Gasteiger partial charge in [0.25, 0.3) is 0 Å². The normalized spacial score (nSPS) is 42.1. The Bertz CT molecular complexity index is 898. The summed E-state index contributed by atoms with van der Waals surface area (Å²) in [5.74, 6) is 4.74. The molecule has 0 aliphatic heterocycles. The molecule has 0 saturated heterocycles. The van der Waals surface area contributed by atoms with Crippen LogP contribution in [-0.4, -0.2) is 34.9 Å². The first-order valence-corrected chi connectivity index (χ1v) is 13.8. The molecular formula is C29H43N3O2. The minimum absolute atomic E-state index is 0.404. The van der Waals surface area contributed by atoms with E-state index in [1.165, 1.54) is 44.9 Å².